The summed E-state index contributed by atoms with van der Waals surface area (Å²) in [6.07, 6.45) is 4.51. The van der Waals surface area contributed by atoms with Gasteiger partial charge in [0.15, 0.2) is 0 Å². The highest BCUT2D eigenvalue weighted by Crippen LogP contribution is 2.17. The quantitative estimate of drug-likeness (QED) is 0.920. The van der Waals surface area contributed by atoms with Gasteiger partial charge in [0.25, 0.3) is 5.56 Å². The van der Waals surface area contributed by atoms with Crippen molar-refractivity contribution in [2.24, 2.45) is 7.05 Å². The first-order chi connectivity index (χ1) is 10.0. The highest BCUT2D eigenvalue weighted by molar-refractivity contribution is 5.21. The van der Waals surface area contributed by atoms with Crippen LogP contribution < -0.4 is 5.56 Å². The monoisotopic (exact) mass is 287 g/mol. The summed E-state index contributed by atoms with van der Waals surface area (Å²) in [6.45, 7) is 6.47. The van der Waals surface area contributed by atoms with Crippen molar-refractivity contribution in [2.45, 2.75) is 39.3 Å². The van der Waals surface area contributed by atoms with Gasteiger partial charge in [-0.3, -0.25) is 9.69 Å². The third kappa shape index (κ3) is 2.76. The maximum Gasteiger partial charge on any atom is 0.255 e. The zero-order chi connectivity index (χ0) is 15.0. The van der Waals surface area contributed by atoms with Gasteiger partial charge in [0.05, 0.1) is 23.3 Å². The van der Waals surface area contributed by atoms with Gasteiger partial charge in [0.1, 0.15) is 5.82 Å². The number of imidazole rings is 1. The first-order valence-electron chi connectivity index (χ1n) is 7.34. The second-order valence-electron chi connectivity index (χ2n) is 5.99. The van der Waals surface area contributed by atoms with Crippen molar-refractivity contribution in [3.63, 3.8) is 0 Å². The van der Waals surface area contributed by atoms with E-state index in [9.17, 15) is 4.79 Å². The molecule has 0 radical (unpaired) electrons. The van der Waals surface area contributed by atoms with Crippen molar-refractivity contribution < 1.29 is 0 Å². The fourth-order valence-electron chi connectivity index (χ4n) is 2.67. The van der Waals surface area contributed by atoms with Crippen LogP contribution in [0.3, 0.4) is 0 Å². The molecule has 0 fully saturated rings. The molecule has 1 N–H and O–H groups in total. The number of aromatic nitrogens is 4. The zero-order valence-electron chi connectivity index (χ0n) is 12.8. The Morgan fingerprint density at radius 2 is 2.24 bits per heavy atom. The molecule has 6 nitrogen and oxygen atoms in total. The Balaban J connectivity index is 1.83. The van der Waals surface area contributed by atoms with Crippen LogP contribution in [0.2, 0.25) is 0 Å². The van der Waals surface area contributed by atoms with E-state index in [-0.39, 0.29) is 11.5 Å². The number of hydrogen-bond donors (Lipinski definition) is 1. The fraction of sp³-hybridized carbons (Fsp3) is 0.533. The number of rotatable bonds is 3. The first-order valence-corrected chi connectivity index (χ1v) is 7.34. The minimum Gasteiger partial charge on any atom is -0.337 e. The lowest BCUT2D eigenvalue weighted by Crippen LogP contribution is -2.36. The highest BCUT2D eigenvalue weighted by atomic mass is 16.1. The Hall–Kier alpha value is -1.95. The van der Waals surface area contributed by atoms with E-state index < -0.39 is 0 Å². The molecular weight excluding hydrogens is 266 g/mol. The van der Waals surface area contributed by atoms with E-state index in [0.717, 1.165) is 42.3 Å². The maximum absolute atomic E-state index is 12.3. The molecule has 0 aromatic carbocycles. The van der Waals surface area contributed by atoms with E-state index in [0.29, 0.717) is 6.54 Å². The predicted molar refractivity (Wildman–Crippen MR) is 80.0 cm³/mol. The minimum atomic E-state index is 0.0124. The van der Waals surface area contributed by atoms with E-state index in [2.05, 4.69) is 19.9 Å². The SMILES string of the molecule is CC(C)c1nc2c(c(=O)[nH]1)CN(Cc1cncn1C)CC2. The second-order valence-corrected chi connectivity index (χ2v) is 5.99. The van der Waals surface area contributed by atoms with E-state index in [1.54, 1.807) is 6.33 Å². The molecule has 3 heterocycles. The van der Waals surface area contributed by atoms with Crippen molar-refractivity contribution in [1.82, 2.24) is 24.4 Å². The van der Waals surface area contributed by atoms with E-state index >= 15 is 0 Å². The summed E-state index contributed by atoms with van der Waals surface area (Å²) >= 11 is 0. The molecule has 0 spiro atoms. The number of nitrogens with zero attached hydrogens (tertiary/aromatic N) is 4. The van der Waals surface area contributed by atoms with Crippen molar-refractivity contribution in [3.8, 4) is 0 Å². The van der Waals surface area contributed by atoms with E-state index in [1.165, 1.54) is 0 Å². The molecule has 3 rings (SSSR count). The van der Waals surface area contributed by atoms with Crippen LogP contribution in [-0.4, -0.2) is 31.0 Å². The van der Waals surface area contributed by atoms with Gasteiger partial charge in [-0.25, -0.2) is 9.97 Å². The number of nitrogens with one attached hydrogen (secondary N) is 1. The first kappa shape index (κ1) is 14.0. The Bertz CT molecular complexity index is 700. The van der Waals surface area contributed by atoms with E-state index in [4.69, 9.17) is 0 Å². The van der Waals surface area contributed by atoms with E-state index in [1.807, 2.05) is 31.7 Å². The molecule has 1 aliphatic rings. The number of fused-ring (bicyclic) bond motifs is 1. The maximum atomic E-state index is 12.3. The topological polar surface area (TPSA) is 66.8 Å². The summed E-state index contributed by atoms with van der Waals surface area (Å²) in [4.78, 5) is 26.2. The Morgan fingerprint density at radius 1 is 1.43 bits per heavy atom. The molecule has 0 amide bonds. The molecule has 6 heteroatoms. The van der Waals surface area contributed by atoms with Crippen LogP contribution in [0.5, 0.6) is 0 Å². The molecule has 0 saturated carbocycles. The number of aryl methyl sites for hydroxylation is 1. The Morgan fingerprint density at radius 3 is 2.90 bits per heavy atom. The van der Waals surface area contributed by atoms with Crippen molar-refractivity contribution >= 4 is 0 Å². The summed E-state index contributed by atoms with van der Waals surface area (Å²) in [5.41, 5.74) is 2.94. The van der Waals surface area contributed by atoms with Gasteiger partial charge in [0, 0.05) is 45.2 Å². The largest absolute Gasteiger partial charge is 0.337 e. The van der Waals surface area contributed by atoms with Crippen molar-refractivity contribution in [3.05, 3.63) is 45.7 Å². The van der Waals surface area contributed by atoms with Crippen LogP contribution in [0.1, 0.15) is 42.5 Å². The van der Waals surface area contributed by atoms with Gasteiger partial charge in [-0.2, -0.15) is 0 Å². The third-order valence-electron chi connectivity index (χ3n) is 4.01. The number of hydrogen-bond acceptors (Lipinski definition) is 4. The van der Waals surface area contributed by atoms with Gasteiger partial charge in [-0.05, 0) is 0 Å². The average Bonchev–Trinajstić information content (AvgIpc) is 2.84. The molecular formula is C15H21N5O. The third-order valence-corrected chi connectivity index (χ3v) is 4.01. The van der Waals surface area contributed by atoms with Crippen LogP contribution >= 0.6 is 0 Å². The molecule has 0 saturated heterocycles. The van der Waals surface area contributed by atoms with Crippen LogP contribution in [0.4, 0.5) is 0 Å². The lowest BCUT2D eigenvalue weighted by atomic mass is 10.1. The average molecular weight is 287 g/mol. The standard InChI is InChI=1S/C15H21N5O/c1-10(2)14-17-13-4-5-20(8-12(13)15(21)18-14)7-11-6-16-9-19(11)3/h6,9-10H,4-5,7-8H2,1-3H3,(H,17,18,21). The second kappa shape index (κ2) is 5.44. The zero-order valence-corrected chi connectivity index (χ0v) is 12.8. The van der Waals surface area contributed by atoms with Gasteiger partial charge in [-0.1, -0.05) is 13.8 Å². The Kier molecular flexibility index (Phi) is 3.63. The molecule has 21 heavy (non-hydrogen) atoms. The van der Waals surface area contributed by atoms with Gasteiger partial charge in [0.2, 0.25) is 0 Å². The summed E-state index contributed by atoms with van der Waals surface area (Å²) in [6, 6.07) is 0. The summed E-state index contributed by atoms with van der Waals surface area (Å²) < 4.78 is 2.01. The van der Waals surface area contributed by atoms with Crippen LogP contribution in [0.25, 0.3) is 0 Å². The molecule has 1 aliphatic heterocycles. The summed E-state index contributed by atoms with van der Waals surface area (Å²) in [5, 5.41) is 0. The lowest BCUT2D eigenvalue weighted by Gasteiger charge is -2.27. The van der Waals surface area contributed by atoms with Gasteiger partial charge >= 0.3 is 0 Å². The van der Waals surface area contributed by atoms with Crippen molar-refractivity contribution in [2.75, 3.05) is 6.54 Å². The molecule has 112 valence electrons. The van der Waals surface area contributed by atoms with Gasteiger partial charge < -0.3 is 9.55 Å². The highest BCUT2D eigenvalue weighted by Gasteiger charge is 2.22. The van der Waals surface area contributed by atoms with Crippen LogP contribution in [0, 0.1) is 0 Å². The number of H-pyrrole nitrogens is 1. The van der Waals surface area contributed by atoms with Crippen molar-refractivity contribution in [1.29, 1.82) is 0 Å². The molecule has 0 unspecified atom stereocenters. The van der Waals surface area contributed by atoms with Crippen LogP contribution in [0.15, 0.2) is 17.3 Å². The smallest absolute Gasteiger partial charge is 0.255 e. The molecule has 2 aromatic heterocycles. The normalized spacial score (nSPS) is 15.4. The Labute approximate surface area is 123 Å². The van der Waals surface area contributed by atoms with Gasteiger partial charge in [-0.15, -0.1) is 0 Å². The molecule has 0 bridgehead atoms. The number of aromatic amines is 1. The summed E-state index contributed by atoms with van der Waals surface area (Å²) in [7, 11) is 1.99. The molecule has 2 aromatic rings. The molecule has 0 aliphatic carbocycles. The summed E-state index contributed by atoms with van der Waals surface area (Å²) in [5.74, 6) is 1.04. The predicted octanol–water partition coefficient (Wildman–Crippen LogP) is 1.19. The minimum absolute atomic E-state index is 0.0124. The molecule has 0 atom stereocenters. The fourth-order valence-corrected chi connectivity index (χ4v) is 2.67. The van der Waals surface area contributed by atoms with Crippen LogP contribution in [-0.2, 0) is 26.6 Å². The lowest BCUT2D eigenvalue weighted by molar-refractivity contribution is 0.236.